The third kappa shape index (κ3) is 5.46. The standard InChI is InChI=1S/C20H30N2O4/c1-14(2)17-13-21(9-10-22(17)19(25)26-20(3,4)5)12-15-7-6-8-16(11-15)18(23)24/h6-8,11,14,17H,9-10,12-13H2,1-5H3,(H,23,24). The molecular formula is C20H30N2O4. The lowest BCUT2D eigenvalue weighted by Crippen LogP contribution is -2.57. The predicted molar refractivity (Wildman–Crippen MR) is 100 cm³/mol. The second-order valence-electron chi connectivity index (χ2n) is 8.23. The van der Waals surface area contributed by atoms with Crippen molar-refractivity contribution < 1.29 is 19.4 Å². The number of benzene rings is 1. The van der Waals surface area contributed by atoms with Gasteiger partial charge in [0.1, 0.15) is 5.60 Å². The zero-order valence-corrected chi connectivity index (χ0v) is 16.4. The Labute approximate surface area is 155 Å². The van der Waals surface area contributed by atoms with Crippen molar-refractivity contribution in [3.63, 3.8) is 0 Å². The Morgan fingerprint density at radius 1 is 1.27 bits per heavy atom. The fraction of sp³-hybridized carbons (Fsp3) is 0.600. The van der Waals surface area contributed by atoms with Crippen molar-refractivity contribution in [1.82, 2.24) is 9.80 Å². The number of carbonyl (C=O) groups excluding carboxylic acids is 1. The van der Waals surface area contributed by atoms with Gasteiger partial charge in [0.15, 0.2) is 0 Å². The van der Waals surface area contributed by atoms with E-state index in [1.807, 2.05) is 31.7 Å². The Morgan fingerprint density at radius 2 is 1.96 bits per heavy atom. The average Bonchev–Trinajstić information content (AvgIpc) is 2.53. The quantitative estimate of drug-likeness (QED) is 0.888. The van der Waals surface area contributed by atoms with Gasteiger partial charge in [0.25, 0.3) is 0 Å². The zero-order chi connectivity index (χ0) is 19.5. The van der Waals surface area contributed by atoms with Crippen LogP contribution in [0.4, 0.5) is 4.79 Å². The summed E-state index contributed by atoms with van der Waals surface area (Å²) in [7, 11) is 0. The Kier molecular flexibility index (Phi) is 6.29. The number of aromatic carboxylic acids is 1. The number of rotatable bonds is 4. The lowest BCUT2D eigenvalue weighted by molar-refractivity contribution is -0.0106. The Morgan fingerprint density at radius 3 is 2.54 bits per heavy atom. The van der Waals surface area contributed by atoms with Gasteiger partial charge in [-0.25, -0.2) is 9.59 Å². The van der Waals surface area contributed by atoms with Crippen LogP contribution in [0.1, 0.15) is 50.5 Å². The normalized spacial score (nSPS) is 18.8. The lowest BCUT2D eigenvalue weighted by atomic mass is 9.99. The molecule has 0 aromatic heterocycles. The largest absolute Gasteiger partial charge is 0.478 e. The van der Waals surface area contributed by atoms with Crippen LogP contribution in [0.2, 0.25) is 0 Å². The highest BCUT2D eigenvalue weighted by Gasteiger charge is 2.34. The molecule has 1 aliphatic heterocycles. The number of amides is 1. The Balaban J connectivity index is 2.06. The molecule has 1 N–H and O–H groups in total. The SMILES string of the molecule is CC(C)C1CN(Cc2cccc(C(=O)O)c2)CCN1C(=O)OC(C)(C)C. The van der Waals surface area contributed by atoms with Gasteiger partial charge in [-0.05, 0) is 44.4 Å². The number of piperazine rings is 1. The Bertz CT molecular complexity index is 651. The maximum atomic E-state index is 12.5. The van der Waals surface area contributed by atoms with E-state index in [0.29, 0.717) is 24.6 Å². The zero-order valence-electron chi connectivity index (χ0n) is 16.4. The maximum absolute atomic E-state index is 12.5. The summed E-state index contributed by atoms with van der Waals surface area (Å²) in [4.78, 5) is 27.8. The minimum Gasteiger partial charge on any atom is -0.478 e. The van der Waals surface area contributed by atoms with Crippen molar-refractivity contribution in [2.45, 2.75) is 52.8 Å². The molecule has 0 saturated carbocycles. The molecule has 0 radical (unpaired) electrons. The van der Waals surface area contributed by atoms with Crippen molar-refractivity contribution in [2.24, 2.45) is 5.92 Å². The second kappa shape index (κ2) is 8.08. The van der Waals surface area contributed by atoms with Gasteiger partial charge in [-0.15, -0.1) is 0 Å². The fourth-order valence-electron chi connectivity index (χ4n) is 3.19. The molecule has 6 heteroatoms. The van der Waals surface area contributed by atoms with E-state index in [1.54, 1.807) is 18.2 Å². The van der Waals surface area contributed by atoms with Gasteiger partial charge in [-0.3, -0.25) is 4.90 Å². The van der Waals surface area contributed by atoms with Crippen LogP contribution in [0, 0.1) is 5.92 Å². The number of ether oxygens (including phenoxy) is 1. The number of nitrogens with zero attached hydrogens (tertiary/aromatic N) is 2. The third-order valence-corrected chi connectivity index (χ3v) is 4.48. The molecular weight excluding hydrogens is 332 g/mol. The van der Waals surface area contributed by atoms with Crippen LogP contribution in [0.5, 0.6) is 0 Å². The van der Waals surface area contributed by atoms with Gasteiger partial charge in [0, 0.05) is 26.2 Å². The molecule has 1 aromatic rings. The van der Waals surface area contributed by atoms with Crippen LogP contribution < -0.4 is 0 Å². The molecule has 0 aliphatic carbocycles. The van der Waals surface area contributed by atoms with Crippen LogP contribution in [0.15, 0.2) is 24.3 Å². The molecule has 0 bridgehead atoms. The lowest BCUT2D eigenvalue weighted by Gasteiger charge is -2.43. The molecule has 1 atom stereocenters. The number of carboxylic acids is 1. The summed E-state index contributed by atoms with van der Waals surface area (Å²) in [5, 5.41) is 9.15. The van der Waals surface area contributed by atoms with E-state index in [0.717, 1.165) is 18.7 Å². The van der Waals surface area contributed by atoms with E-state index in [4.69, 9.17) is 9.84 Å². The van der Waals surface area contributed by atoms with E-state index in [1.165, 1.54) is 0 Å². The van der Waals surface area contributed by atoms with Gasteiger partial charge in [0.2, 0.25) is 0 Å². The predicted octanol–water partition coefficient (Wildman–Crippen LogP) is 3.46. The minimum absolute atomic E-state index is 0.0706. The number of hydrogen-bond donors (Lipinski definition) is 1. The van der Waals surface area contributed by atoms with Crippen molar-refractivity contribution in [2.75, 3.05) is 19.6 Å². The number of hydrogen-bond acceptors (Lipinski definition) is 4. The molecule has 2 rings (SSSR count). The Hall–Kier alpha value is -2.08. The first-order valence-electron chi connectivity index (χ1n) is 9.11. The molecule has 0 spiro atoms. The van der Waals surface area contributed by atoms with Gasteiger partial charge < -0.3 is 14.7 Å². The average molecular weight is 362 g/mol. The molecule has 1 heterocycles. The van der Waals surface area contributed by atoms with E-state index in [9.17, 15) is 9.59 Å². The third-order valence-electron chi connectivity index (χ3n) is 4.48. The molecule has 1 aliphatic rings. The molecule has 6 nitrogen and oxygen atoms in total. The van der Waals surface area contributed by atoms with E-state index < -0.39 is 11.6 Å². The summed E-state index contributed by atoms with van der Waals surface area (Å²) in [6.45, 7) is 12.6. The summed E-state index contributed by atoms with van der Waals surface area (Å²) in [5.41, 5.74) is 0.765. The van der Waals surface area contributed by atoms with Crippen LogP contribution in [-0.2, 0) is 11.3 Å². The van der Waals surface area contributed by atoms with Crippen molar-refractivity contribution in [1.29, 1.82) is 0 Å². The van der Waals surface area contributed by atoms with Crippen molar-refractivity contribution >= 4 is 12.1 Å². The van der Waals surface area contributed by atoms with E-state index in [-0.39, 0.29) is 12.1 Å². The number of carboxylic acid groups (broad SMARTS) is 1. The molecule has 1 fully saturated rings. The fourth-order valence-corrected chi connectivity index (χ4v) is 3.19. The van der Waals surface area contributed by atoms with Crippen molar-refractivity contribution in [3.8, 4) is 0 Å². The summed E-state index contributed by atoms with van der Waals surface area (Å²) < 4.78 is 5.56. The van der Waals surface area contributed by atoms with Gasteiger partial charge in [-0.1, -0.05) is 26.0 Å². The van der Waals surface area contributed by atoms with Crippen LogP contribution >= 0.6 is 0 Å². The summed E-state index contributed by atoms with van der Waals surface area (Å²) >= 11 is 0. The van der Waals surface area contributed by atoms with Crippen molar-refractivity contribution in [3.05, 3.63) is 35.4 Å². The highest BCUT2D eigenvalue weighted by atomic mass is 16.6. The maximum Gasteiger partial charge on any atom is 0.410 e. The molecule has 26 heavy (non-hydrogen) atoms. The van der Waals surface area contributed by atoms with E-state index >= 15 is 0 Å². The summed E-state index contributed by atoms with van der Waals surface area (Å²) in [5.74, 6) is -0.614. The van der Waals surface area contributed by atoms with Gasteiger partial charge in [0.05, 0.1) is 11.6 Å². The molecule has 1 saturated heterocycles. The molecule has 1 amide bonds. The molecule has 1 aromatic carbocycles. The number of carbonyl (C=O) groups is 2. The molecule has 144 valence electrons. The van der Waals surface area contributed by atoms with E-state index in [2.05, 4.69) is 18.7 Å². The van der Waals surface area contributed by atoms with Gasteiger partial charge >= 0.3 is 12.1 Å². The highest BCUT2D eigenvalue weighted by molar-refractivity contribution is 5.87. The summed E-state index contributed by atoms with van der Waals surface area (Å²) in [6.07, 6.45) is -0.260. The first-order chi connectivity index (χ1) is 12.1. The van der Waals surface area contributed by atoms with Crippen LogP contribution in [0.3, 0.4) is 0 Å². The summed E-state index contributed by atoms with van der Waals surface area (Å²) in [6, 6.07) is 7.10. The van der Waals surface area contributed by atoms with Crippen LogP contribution in [0.25, 0.3) is 0 Å². The first-order valence-corrected chi connectivity index (χ1v) is 9.11. The minimum atomic E-state index is -0.915. The topological polar surface area (TPSA) is 70.1 Å². The second-order valence-corrected chi connectivity index (χ2v) is 8.23. The molecule has 1 unspecified atom stereocenters. The monoisotopic (exact) mass is 362 g/mol. The smallest absolute Gasteiger partial charge is 0.410 e. The first kappa shape index (κ1) is 20.2. The van der Waals surface area contributed by atoms with Gasteiger partial charge in [-0.2, -0.15) is 0 Å². The highest BCUT2D eigenvalue weighted by Crippen LogP contribution is 2.22. The van der Waals surface area contributed by atoms with Crippen LogP contribution in [-0.4, -0.2) is 58.2 Å².